The van der Waals surface area contributed by atoms with Crippen LogP contribution in [0.1, 0.15) is 15.9 Å². The predicted molar refractivity (Wildman–Crippen MR) is 81.4 cm³/mol. The maximum absolute atomic E-state index is 12.4. The van der Waals surface area contributed by atoms with Crippen LogP contribution < -0.4 is 11.2 Å². The van der Waals surface area contributed by atoms with Crippen molar-refractivity contribution in [3.05, 3.63) is 75.9 Å². The average molecular weight is 279 g/mol. The summed E-state index contributed by atoms with van der Waals surface area (Å²) in [5.41, 5.74) is 6.52. The Bertz CT molecular complexity index is 866. The highest BCUT2D eigenvalue weighted by Crippen LogP contribution is 2.18. The topological polar surface area (TPSA) is 73.3 Å². The molecule has 0 atom stereocenters. The number of rotatable bonds is 3. The van der Waals surface area contributed by atoms with E-state index in [1.807, 2.05) is 30.3 Å². The van der Waals surface area contributed by atoms with Crippen molar-refractivity contribution < 1.29 is 9.21 Å². The van der Waals surface area contributed by atoms with Gasteiger partial charge in [-0.2, -0.15) is 0 Å². The van der Waals surface area contributed by atoms with Crippen molar-refractivity contribution in [3.8, 4) is 0 Å². The Balaban J connectivity index is 2.08. The van der Waals surface area contributed by atoms with E-state index in [1.54, 1.807) is 24.3 Å². The van der Waals surface area contributed by atoms with Gasteiger partial charge in [0.1, 0.15) is 11.1 Å². The summed E-state index contributed by atoms with van der Waals surface area (Å²) in [7, 11) is 0. The normalized spacial score (nSPS) is 10.7. The van der Waals surface area contributed by atoms with Gasteiger partial charge in [-0.15, -0.1) is 0 Å². The zero-order chi connectivity index (χ0) is 14.8. The number of anilines is 1. The van der Waals surface area contributed by atoms with Gasteiger partial charge < -0.3 is 10.2 Å². The largest absolute Gasteiger partial charge is 0.440 e. The Labute approximate surface area is 120 Å². The first-order chi connectivity index (χ1) is 10.2. The fourth-order valence-electron chi connectivity index (χ4n) is 2.29. The van der Waals surface area contributed by atoms with E-state index in [0.29, 0.717) is 11.0 Å². The summed E-state index contributed by atoms with van der Waals surface area (Å²) in [5.74, 6) is -0.460. The van der Waals surface area contributed by atoms with Gasteiger partial charge in [0, 0.05) is 6.42 Å². The third-order valence-electron chi connectivity index (χ3n) is 3.31. The van der Waals surface area contributed by atoms with E-state index in [9.17, 15) is 9.59 Å². The molecule has 1 aromatic heterocycles. The molecule has 0 saturated carbocycles. The van der Waals surface area contributed by atoms with E-state index >= 15 is 0 Å². The van der Waals surface area contributed by atoms with Crippen LogP contribution in [-0.4, -0.2) is 5.78 Å². The lowest BCUT2D eigenvalue weighted by atomic mass is 10.0. The molecule has 0 aliphatic rings. The van der Waals surface area contributed by atoms with Gasteiger partial charge in [0.2, 0.25) is 11.3 Å². The van der Waals surface area contributed by atoms with Gasteiger partial charge in [-0.1, -0.05) is 42.5 Å². The van der Waals surface area contributed by atoms with Gasteiger partial charge >= 0.3 is 0 Å². The van der Waals surface area contributed by atoms with Gasteiger partial charge in [0.25, 0.3) is 0 Å². The molecule has 4 nitrogen and oxygen atoms in total. The molecule has 1 heterocycles. The second-order valence-electron chi connectivity index (χ2n) is 4.75. The van der Waals surface area contributed by atoms with E-state index in [-0.39, 0.29) is 29.1 Å². The molecule has 2 N–H and O–H groups in total. The Kier molecular flexibility index (Phi) is 3.28. The van der Waals surface area contributed by atoms with Crippen molar-refractivity contribution in [1.29, 1.82) is 0 Å². The van der Waals surface area contributed by atoms with Crippen LogP contribution in [0.5, 0.6) is 0 Å². The fraction of sp³-hybridized carbons (Fsp3) is 0.0588. The number of hydrogen-bond donors (Lipinski definition) is 1. The molecule has 2 aromatic carbocycles. The minimum atomic E-state index is -0.379. The summed E-state index contributed by atoms with van der Waals surface area (Å²) in [4.78, 5) is 24.8. The van der Waals surface area contributed by atoms with Crippen LogP contribution in [0.15, 0.2) is 63.8 Å². The number of fused-ring (bicyclic) bond motifs is 1. The zero-order valence-corrected chi connectivity index (χ0v) is 11.2. The monoisotopic (exact) mass is 279 g/mol. The molecule has 0 radical (unpaired) electrons. The molecule has 0 aliphatic heterocycles. The number of benzene rings is 2. The summed E-state index contributed by atoms with van der Waals surface area (Å²) in [6.07, 6.45) is 0.119. The third kappa shape index (κ3) is 2.43. The van der Waals surface area contributed by atoms with Crippen LogP contribution in [0, 0.1) is 0 Å². The van der Waals surface area contributed by atoms with Crippen molar-refractivity contribution in [2.45, 2.75) is 6.42 Å². The first-order valence-electron chi connectivity index (χ1n) is 6.55. The summed E-state index contributed by atoms with van der Waals surface area (Å²) < 4.78 is 5.39. The molecule has 0 fully saturated rings. The molecule has 3 aromatic rings. The predicted octanol–water partition coefficient (Wildman–Crippen LogP) is 2.80. The third-order valence-corrected chi connectivity index (χ3v) is 3.31. The number of para-hydroxylation sites is 1. The molecule has 0 amide bonds. The van der Waals surface area contributed by atoms with Crippen LogP contribution in [0.2, 0.25) is 0 Å². The standard InChI is InChI=1S/C17H13NO3/c18-17-15(13(19)10-11-6-2-1-3-7-11)16(20)12-8-4-5-9-14(12)21-17/h1-9H,10,18H2. The van der Waals surface area contributed by atoms with Crippen LogP contribution in [0.3, 0.4) is 0 Å². The molecule has 0 spiro atoms. The van der Waals surface area contributed by atoms with E-state index in [2.05, 4.69) is 0 Å². The molecular formula is C17H13NO3. The summed E-state index contributed by atoms with van der Waals surface area (Å²) >= 11 is 0. The van der Waals surface area contributed by atoms with E-state index in [1.165, 1.54) is 0 Å². The highest BCUT2D eigenvalue weighted by atomic mass is 16.3. The second kappa shape index (κ2) is 5.25. The maximum atomic E-state index is 12.4. The number of Topliss-reactive ketones (excluding diaryl/α,β-unsaturated/α-hetero) is 1. The molecule has 104 valence electrons. The molecular weight excluding hydrogens is 266 g/mol. The Hall–Kier alpha value is -2.88. The van der Waals surface area contributed by atoms with Gasteiger partial charge in [-0.3, -0.25) is 9.59 Å². The Morgan fingerprint density at radius 3 is 2.43 bits per heavy atom. The highest BCUT2D eigenvalue weighted by molar-refractivity contribution is 6.03. The van der Waals surface area contributed by atoms with Crippen molar-refractivity contribution in [2.75, 3.05) is 5.73 Å². The number of hydrogen-bond acceptors (Lipinski definition) is 4. The van der Waals surface area contributed by atoms with Crippen LogP contribution in [0.25, 0.3) is 11.0 Å². The van der Waals surface area contributed by atoms with Gasteiger partial charge in [-0.05, 0) is 17.7 Å². The van der Waals surface area contributed by atoms with Crippen molar-refractivity contribution >= 4 is 22.6 Å². The van der Waals surface area contributed by atoms with Crippen LogP contribution in [-0.2, 0) is 6.42 Å². The molecule has 0 aliphatic carbocycles. The molecule has 0 bridgehead atoms. The molecule has 3 rings (SSSR count). The Morgan fingerprint density at radius 2 is 1.67 bits per heavy atom. The number of carbonyl (C=O) groups excluding carboxylic acids is 1. The lowest BCUT2D eigenvalue weighted by Gasteiger charge is -2.05. The number of nitrogen functional groups attached to an aromatic ring is 1. The lowest BCUT2D eigenvalue weighted by molar-refractivity contribution is 0.0991. The van der Waals surface area contributed by atoms with Gasteiger partial charge in [0.15, 0.2) is 5.78 Å². The minimum absolute atomic E-state index is 0.0717. The van der Waals surface area contributed by atoms with E-state index in [0.717, 1.165) is 5.56 Å². The molecule has 0 unspecified atom stereocenters. The number of nitrogens with two attached hydrogens (primary N) is 1. The molecule has 0 saturated heterocycles. The number of carbonyl (C=O) groups is 1. The van der Waals surface area contributed by atoms with Crippen molar-refractivity contribution in [2.24, 2.45) is 0 Å². The van der Waals surface area contributed by atoms with Crippen LogP contribution in [0.4, 0.5) is 5.88 Å². The maximum Gasteiger partial charge on any atom is 0.205 e. The first kappa shape index (κ1) is 13.1. The fourth-order valence-corrected chi connectivity index (χ4v) is 2.29. The second-order valence-corrected chi connectivity index (χ2v) is 4.75. The summed E-state index contributed by atoms with van der Waals surface area (Å²) in [5, 5.41) is 0.364. The number of ketones is 1. The van der Waals surface area contributed by atoms with E-state index in [4.69, 9.17) is 10.2 Å². The first-order valence-corrected chi connectivity index (χ1v) is 6.55. The minimum Gasteiger partial charge on any atom is -0.440 e. The highest BCUT2D eigenvalue weighted by Gasteiger charge is 2.19. The van der Waals surface area contributed by atoms with Crippen LogP contribution >= 0.6 is 0 Å². The van der Waals surface area contributed by atoms with Gasteiger partial charge in [0.05, 0.1) is 5.39 Å². The smallest absolute Gasteiger partial charge is 0.205 e. The quantitative estimate of drug-likeness (QED) is 0.748. The van der Waals surface area contributed by atoms with Crippen molar-refractivity contribution in [3.63, 3.8) is 0 Å². The average Bonchev–Trinajstić information content (AvgIpc) is 2.48. The molecule has 4 heteroatoms. The SMILES string of the molecule is Nc1oc2ccccc2c(=O)c1C(=O)Cc1ccccc1. The lowest BCUT2D eigenvalue weighted by Crippen LogP contribution is -2.19. The zero-order valence-electron chi connectivity index (χ0n) is 11.2. The summed E-state index contributed by atoms with van der Waals surface area (Å²) in [6.45, 7) is 0. The van der Waals surface area contributed by atoms with Gasteiger partial charge in [-0.25, -0.2) is 0 Å². The molecule has 21 heavy (non-hydrogen) atoms. The summed E-state index contributed by atoms with van der Waals surface area (Å²) in [6, 6.07) is 16.0. The van der Waals surface area contributed by atoms with Crippen molar-refractivity contribution in [1.82, 2.24) is 0 Å². The Morgan fingerprint density at radius 1 is 1.00 bits per heavy atom. The van der Waals surface area contributed by atoms with E-state index < -0.39 is 0 Å².